The van der Waals surface area contributed by atoms with Crippen molar-refractivity contribution in [2.75, 3.05) is 5.32 Å². The fraction of sp³-hybridized carbons (Fsp3) is 0.0833. The number of amides is 1. The zero-order valence-electron chi connectivity index (χ0n) is 16.0. The van der Waals surface area contributed by atoms with Crippen molar-refractivity contribution in [3.8, 4) is 16.9 Å². The van der Waals surface area contributed by atoms with Crippen molar-refractivity contribution in [3.63, 3.8) is 0 Å². The molecular weight excluding hydrogens is 366 g/mol. The molecule has 0 aliphatic rings. The van der Waals surface area contributed by atoms with E-state index < -0.39 is 5.91 Å². The van der Waals surface area contributed by atoms with Gasteiger partial charge in [-0.05, 0) is 49.2 Å². The third-order valence-corrected chi connectivity index (χ3v) is 4.90. The lowest BCUT2D eigenvalue weighted by atomic mass is 10.0. The number of hydrogen-bond acceptors (Lipinski definition) is 4. The minimum absolute atomic E-state index is 0.100. The van der Waals surface area contributed by atoms with Crippen LogP contribution < -0.4 is 5.32 Å². The van der Waals surface area contributed by atoms with Gasteiger partial charge in [0.15, 0.2) is 11.5 Å². The molecule has 144 valence electrons. The third-order valence-electron chi connectivity index (χ3n) is 4.90. The molecule has 0 saturated carbocycles. The van der Waals surface area contributed by atoms with Crippen LogP contribution in [0.15, 0.2) is 71.1 Å². The molecule has 0 saturated heterocycles. The number of furan rings is 1. The van der Waals surface area contributed by atoms with E-state index in [1.807, 2.05) is 54.6 Å². The number of phenolic OH excluding ortho intramolecular Hbond substituents is 1. The normalized spacial score (nSPS) is 10.8. The van der Waals surface area contributed by atoms with Crippen molar-refractivity contribution in [1.82, 2.24) is 0 Å². The molecule has 29 heavy (non-hydrogen) atoms. The Balaban J connectivity index is 1.62. The summed E-state index contributed by atoms with van der Waals surface area (Å²) in [5.74, 6) is -0.741. The fourth-order valence-electron chi connectivity index (χ4n) is 3.39. The van der Waals surface area contributed by atoms with Crippen molar-refractivity contribution in [2.45, 2.75) is 13.8 Å². The molecular formula is C24H19NO4. The molecule has 0 atom stereocenters. The quantitative estimate of drug-likeness (QED) is 0.450. The number of carbonyl (C=O) groups excluding carboxylic acids is 2. The molecule has 0 fully saturated rings. The van der Waals surface area contributed by atoms with Gasteiger partial charge in [-0.25, -0.2) is 0 Å². The molecule has 1 aromatic heterocycles. The van der Waals surface area contributed by atoms with Crippen LogP contribution in [-0.4, -0.2) is 16.8 Å². The van der Waals surface area contributed by atoms with Crippen molar-refractivity contribution in [3.05, 3.63) is 83.6 Å². The highest BCUT2D eigenvalue weighted by atomic mass is 16.3. The zero-order valence-corrected chi connectivity index (χ0v) is 16.0. The monoisotopic (exact) mass is 385 g/mol. The molecule has 0 radical (unpaired) electrons. The van der Waals surface area contributed by atoms with Crippen LogP contribution >= 0.6 is 0 Å². The topological polar surface area (TPSA) is 79.5 Å². The number of Topliss-reactive ketones (excluding diaryl/α,β-unsaturated/α-hetero) is 1. The van der Waals surface area contributed by atoms with Crippen molar-refractivity contribution >= 4 is 28.3 Å². The Labute approximate surface area is 167 Å². The fourth-order valence-corrected chi connectivity index (χ4v) is 3.39. The third kappa shape index (κ3) is 3.38. The van der Waals surface area contributed by atoms with Crippen LogP contribution in [0.4, 0.5) is 5.69 Å². The second-order valence-electron chi connectivity index (χ2n) is 6.84. The smallest absolute Gasteiger partial charge is 0.291 e. The first kappa shape index (κ1) is 18.5. The van der Waals surface area contributed by atoms with Gasteiger partial charge in [-0.15, -0.1) is 0 Å². The first-order valence-electron chi connectivity index (χ1n) is 9.18. The average molecular weight is 385 g/mol. The Hall–Kier alpha value is -3.86. The highest BCUT2D eigenvalue weighted by Gasteiger charge is 2.22. The maximum atomic E-state index is 12.7. The van der Waals surface area contributed by atoms with E-state index in [-0.39, 0.29) is 22.9 Å². The van der Waals surface area contributed by atoms with E-state index in [1.165, 1.54) is 13.0 Å². The predicted molar refractivity (Wildman–Crippen MR) is 112 cm³/mol. The van der Waals surface area contributed by atoms with Gasteiger partial charge in [-0.3, -0.25) is 9.59 Å². The van der Waals surface area contributed by atoms with Crippen molar-refractivity contribution < 1.29 is 19.1 Å². The number of nitrogens with one attached hydrogen (secondary N) is 1. The Morgan fingerprint density at radius 2 is 1.55 bits per heavy atom. The summed E-state index contributed by atoms with van der Waals surface area (Å²) < 4.78 is 5.66. The summed E-state index contributed by atoms with van der Waals surface area (Å²) in [6, 6.07) is 20.5. The van der Waals surface area contributed by atoms with Crippen molar-refractivity contribution in [1.29, 1.82) is 0 Å². The minimum Gasteiger partial charge on any atom is -0.506 e. The van der Waals surface area contributed by atoms with Crippen LogP contribution in [0.25, 0.3) is 22.1 Å². The van der Waals surface area contributed by atoms with Gasteiger partial charge in [-0.1, -0.05) is 42.5 Å². The van der Waals surface area contributed by atoms with Crippen LogP contribution in [-0.2, 0) is 0 Å². The number of benzene rings is 3. The van der Waals surface area contributed by atoms with Crippen LogP contribution in [0, 0.1) is 6.92 Å². The largest absolute Gasteiger partial charge is 0.506 e. The Morgan fingerprint density at radius 3 is 2.21 bits per heavy atom. The summed E-state index contributed by atoms with van der Waals surface area (Å²) in [7, 11) is 0. The number of phenols is 1. The SMILES string of the molecule is CC(=O)c1ccc2oc(C(=O)Nc3ccc(-c4ccccc4)cc3)c(C)c2c1O. The number of hydrogen-bond donors (Lipinski definition) is 2. The van der Waals surface area contributed by atoms with E-state index in [2.05, 4.69) is 5.32 Å². The summed E-state index contributed by atoms with van der Waals surface area (Å²) in [5, 5.41) is 13.6. The Kier molecular flexibility index (Phi) is 4.64. The van der Waals surface area contributed by atoms with E-state index in [4.69, 9.17) is 4.42 Å². The highest BCUT2D eigenvalue weighted by Crippen LogP contribution is 2.35. The van der Waals surface area contributed by atoms with E-state index in [1.54, 1.807) is 13.0 Å². The van der Waals surface area contributed by atoms with Crippen LogP contribution in [0.5, 0.6) is 5.75 Å². The summed E-state index contributed by atoms with van der Waals surface area (Å²) in [6.07, 6.45) is 0. The predicted octanol–water partition coefficient (Wildman–Crippen LogP) is 5.57. The molecule has 1 amide bonds. The van der Waals surface area contributed by atoms with Gasteiger partial charge in [0, 0.05) is 11.3 Å². The Bertz CT molecular complexity index is 1220. The molecule has 2 N–H and O–H groups in total. The number of carbonyl (C=O) groups is 2. The highest BCUT2D eigenvalue weighted by molar-refractivity contribution is 6.09. The van der Waals surface area contributed by atoms with Gasteiger partial charge in [0.05, 0.1) is 10.9 Å². The molecule has 1 heterocycles. The van der Waals surface area contributed by atoms with Crippen LogP contribution in [0.1, 0.15) is 33.4 Å². The number of rotatable bonds is 4. The molecule has 0 unspecified atom stereocenters. The van der Waals surface area contributed by atoms with E-state index in [9.17, 15) is 14.7 Å². The second-order valence-corrected chi connectivity index (χ2v) is 6.84. The summed E-state index contributed by atoms with van der Waals surface area (Å²) in [5.41, 5.74) is 3.81. The summed E-state index contributed by atoms with van der Waals surface area (Å²) in [4.78, 5) is 24.4. The first-order valence-corrected chi connectivity index (χ1v) is 9.18. The lowest BCUT2D eigenvalue weighted by molar-refractivity contribution is 0.0994. The van der Waals surface area contributed by atoms with E-state index in [0.29, 0.717) is 22.2 Å². The molecule has 5 heteroatoms. The van der Waals surface area contributed by atoms with Gasteiger partial charge in [0.1, 0.15) is 11.3 Å². The number of anilines is 1. The van der Waals surface area contributed by atoms with Gasteiger partial charge in [-0.2, -0.15) is 0 Å². The number of fused-ring (bicyclic) bond motifs is 1. The molecule has 4 rings (SSSR count). The van der Waals surface area contributed by atoms with Crippen molar-refractivity contribution in [2.24, 2.45) is 0 Å². The summed E-state index contributed by atoms with van der Waals surface area (Å²) in [6.45, 7) is 3.06. The first-order chi connectivity index (χ1) is 14.0. The number of aromatic hydroxyl groups is 1. The standard InChI is InChI=1S/C24H19NO4/c1-14-21-20(13-12-19(15(2)26)22(21)27)29-23(14)24(28)25-18-10-8-17(9-11-18)16-6-4-3-5-7-16/h3-13,27H,1-2H3,(H,25,28). The average Bonchev–Trinajstić information content (AvgIpc) is 3.07. The lowest BCUT2D eigenvalue weighted by Gasteiger charge is -2.06. The van der Waals surface area contributed by atoms with Crippen LogP contribution in [0.3, 0.4) is 0 Å². The molecule has 0 aliphatic heterocycles. The maximum Gasteiger partial charge on any atom is 0.291 e. The van der Waals surface area contributed by atoms with Crippen LogP contribution in [0.2, 0.25) is 0 Å². The molecule has 3 aromatic carbocycles. The Morgan fingerprint density at radius 1 is 0.897 bits per heavy atom. The van der Waals surface area contributed by atoms with Gasteiger partial charge in [0.2, 0.25) is 0 Å². The minimum atomic E-state index is -0.421. The number of aryl methyl sites for hydroxylation is 1. The summed E-state index contributed by atoms with van der Waals surface area (Å²) >= 11 is 0. The molecule has 0 spiro atoms. The van der Waals surface area contributed by atoms with E-state index >= 15 is 0 Å². The maximum absolute atomic E-state index is 12.7. The molecule has 0 aliphatic carbocycles. The zero-order chi connectivity index (χ0) is 20.5. The van der Waals surface area contributed by atoms with Gasteiger partial charge in [0.25, 0.3) is 5.91 Å². The molecule has 4 aromatic rings. The van der Waals surface area contributed by atoms with Gasteiger partial charge >= 0.3 is 0 Å². The second kappa shape index (κ2) is 7.28. The molecule has 5 nitrogen and oxygen atoms in total. The van der Waals surface area contributed by atoms with Gasteiger partial charge < -0.3 is 14.8 Å². The lowest BCUT2D eigenvalue weighted by Crippen LogP contribution is -2.12. The van der Waals surface area contributed by atoms with E-state index in [0.717, 1.165) is 11.1 Å². The number of ketones is 1. The molecule has 0 bridgehead atoms.